The Kier molecular flexibility index (Phi) is 5.46. The lowest BCUT2D eigenvalue weighted by atomic mass is 10.2. The molecule has 0 spiro atoms. The highest BCUT2D eigenvalue weighted by atomic mass is 32.3. The normalized spacial score (nSPS) is 12.8. The summed E-state index contributed by atoms with van der Waals surface area (Å²) in [6.45, 7) is 3.52. The second-order valence-electron chi connectivity index (χ2n) is 5.03. The molecule has 0 unspecified atom stereocenters. The van der Waals surface area contributed by atoms with Crippen molar-refractivity contribution >= 4 is 19.7 Å². The zero-order valence-electron chi connectivity index (χ0n) is 13.3. The van der Waals surface area contributed by atoms with E-state index in [9.17, 15) is 16.8 Å². The highest BCUT2D eigenvalue weighted by Gasteiger charge is 2.34. The number of ether oxygens (including phenoxy) is 1. The topological polar surface area (TPSA) is 77.5 Å². The third-order valence-corrected chi connectivity index (χ3v) is 7.56. The number of sulfone groups is 2. The van der Waals surface area contributed by atoms with Gasteiger partial charge in [0, 0.05) is 0 Å². The molecule has 0 bridgehead atoms. The molecular formula is C17H18O5S2. The summed E-state index contributed by atoms with van der Waals surface area (Å²) in [5.74, 6) is 0. The van der Waals surface area contributed by atoms with Crippen LogP contribution in [0.4, 0.5) is 0 Å². The zero-order chi connectivity index (χ0) is 17.8. The molecule has 0 aliphatic rings. The van der Waals surface area contributed by atoms with Gasteiger partial charge in [-0.1, -0.05) is 30.3 Å². The Balaban J connectivity index is 2.66. The number of benzene rings is 2. The summed E-state index contributed by atoms with van der Waals surface area (Å²) in [6, 6.07) is 13.5. The summed E-state index contributed by atoms with van der Waals surface area (Å²) in [5.41, 5.74) is 0.712. The highest BCUT2D eigenvalue weighted by molar-refractivity contribution is 8.14. The number of aryl methyl sites for hydroxylation is 1. The van der Waals surface area contributed by atoms with Crippen molar-refractivity contribution in [3.05, 3.63) is 70.7 Å². The van der Waals surface area contributed by atoms with E-state index in [2.05, 4.69) is 0 Å². The van der Waals surface area contributed by atoms with Gasteiger partial charge in [-0.15, -0.1) is 0 Å². The van der Waals surface area contributed by atoms with E-state index in [1.165, 1.54) is 36.4 Å². The van der Waals surface area contributed by atoms with Crippen molar-refractivity contribution < 1.29 is 21.6 Å². The van der Waals surface area contributed by atoms with Crippen LogP contribution < -0.4 is 0 Å². The monoisotopic (exact) mass is 366 g/mol. The molecule has 0 N–H and O–H groups in total. The van der Waals surface area contributed by atoms with E-state index in [4.69, 9.17) is 4.74 Å². The molecule has 7 heteroatoms. The van der Waals surface area contributed by atoms with Crippen molar-refractivity contribution in [3.8, 4) is 0 Å². The molecule has 0 amide bonds. The van der Waals surface area contributed by atoms with Crippen molar-refractivity contribution in [3.63, 3.8) is 0 Å². The van der Waals surface area contributed by atoms with Crippen LogP contribution in [0.5, 0.6) is 0 Å². The largest absolute Gasteiger partial charge is 0.499 e. The van der Waals surface area contributed by atoms with E-state index >= 15 is 0 Å². The molecule has 0 fully saturated rings. The summed E-state index contributed by atoms with van der Waals surface area (Å²) in [5, 5.41) is 0. The molecule has 5 nitrogen and oxygen atoms in total. The van der Waals surface area contributed by atoms with Crippen molar-refractivity contribution in [2.45, 2.75) is 23.6 Å². The van der Waals surface area contributed by atoms with Gasteiger partial charge in [-0.2, -0.15) is 0 Å². The van der Waals surface area contributed by atoms with Gasteiger partial charge >= 0.3 is 0 Å². The van der Waals surface area contributed by atoms with Gasteiger partial charge in [0.1, 0.15) is 6.26 Å². The van der Waals surface area contributed by atoms with E-state index in [1.54, 1.807) is 32.0 Å². The van der Waals surface area contributed by atoms with E-state index in [0.29, 0.717) is 5.56 Å². The van der Waals surface area contributed by atoms with Crippen LogP contribution in [-0.2, 0) is 24.4 Å². The fourth-order valence-electron chi connectivity index (χ4n) is 2.04. The van der Waals surface area contributed by atoms with Crippen molar-refractivity contribution in [2.24, 2.45) is 0 Å². The first-order valence-electron chi connectivity index (χ1n) is 7.24. The van der Waals surface area contributed by atoms with Crippen molar-refractivity contribution in [2.75, 3.05) is 6.61 Å². The number of hydrogen-bond acceptors (Lipinski definition) is 5. The second-order valence-corrected chi connectivity index (χ2v) is 9.12. The minimum atomic E-state index is -4.25. The van der Waals surface area contributed by atoms with Crippen LogP contribution in [0.3, 0.4) is 0 Å². The van der Waals surface area contributed by atoms with Crippen molar-refractivity contribution in [1.29, 1.82) is 0 Å². The van der Waals surface area contributed by atoms with Crippen LogP contribution in [0, 0.1) is 6.92 Å². The van der Waals surface area contributed by atoms with Gasteiger partial charge in [-0.25, -0.2) is 16.8 Å². The lowest BCUT2D eigenvalue weighted by Gasteiger charge is -2.11. The SMILES string of the molecule is CCO/C=C(\S(=O)(=O)c1ccccc1)S(=O)(=O)c1cccc(C)c1. The molecule has 0 aliphatic heterocycles. The molecule has 0 saturated carbocycles. The highest BCUT2D eigenvalue weighted by Crippen LogP contribution is 2.29. The smallest absolute Gasteiger partial charge is 0.221 e. The predicted octanol–water partition coefficient (Wildman–Crippen LogP) is 3.08. The first-order chi connectivity index (χ1) is 11.3. The van der Waals surface area contributed by atoms with Crippen LogP contribution >= 0.6 is 0 Å². The Morgan fingerprint density at radius 1 is 0.917 bits per heavy atom. The predicted molar refractivity (Wildman–Crippen MR) is 91.7 cm³/mol. The minimum absolute atomic E-state index is 0.0899. The lowest BCUT2D eigenvalue weighted by Crippen LogP contribution is -2.16. The van der Waals surface area contributed by atoms with Crippen LogP contribution in [0.25, 0.3) is 0 Å². The van der Waals surface area contributed by atoms with Gasteiger partial charge in [0.15, 0.2) is 0 Å². The molecule has 0 aromatic heterocycles. The summed E-state index contributed by atoms with van der Waals surface area (Å²) in [7, 11) is -8.50. The molecule has 0 saturated heterocycles. The third-order valence-electron chi connectivity index (χ3n) is 3.23. The molecule has 0 atom stereocenters. The Labute approximate surface area is 142 Å². The fraction of sp³-hybridized carbons (Fsp3) is 0.176. The van der Waals surface area contributed by atoms with Gasteiger partial charge in [-0.3, -0.25) is 0 Å². The molecule has 128 valence electrons. The zero-order valence-corrected chi connectivity index (χ0v) is 15.0. The van der Waals surface area contributed by atoms with E-state index in [0.717, 1.165) is 6.26 Å². The standard InChI is InChI=1S/C17H18O5S2/c1-3-22-13-17(23(18,19)15-9-5-4-6-10-15)24(20,21)16-11-7-8-14(2)12-16/h4-13H,3H2,1-2H3/b17-13+. The van der Waals surface area contributed by atoms with Gasteiger partial charge in [0.2, 0.25) is 23.9 Å². The molecule has 0 heterocycles. The third kappa shape index (κ3) is 3.68. The van der Waals surface area contributed by atoms with Gasteiger partial charge in [-0.05, 0) is 43.7 Å². The summed E-state index contributed by atoms with van der Waals surface area (Å²) < 4.78 is 55.6. The van der Waals surface area contributed by atoms with E-state index in [1.807, 2.05) is 0 Å². The van der Waals surface area contributed by atoms with Crippen LogP contribution in [-0.4, -0.2) is 23.4 Å². The fourth-order valence-corrected chi connectivity index (χ4v) is 5.74. The van der Waals surface area contributed by atoms with Gasteiger partial charge < -0.3 is 4.74 Å². The lowest BCUT2D eigenvalue weighted by molar-refractivity contribution is 0.269. The van der Waals surface area contributed by atoms with Crippen LogP contribution in [0.15, 0.2) is 74.9 Å². The summed E-state index contributed by atoms with van der Waals surface area (Å²) in [6.07, 6.45) is 0.806. The average Bonchev–Trinajstić information content (AvgIpc) is 2.55. The molecule has 0 aliphatic carbocycles. The molecule has 2 aromatic carbocycles. The molecule has 0 radical (unpaired) electrons. The Hall–Kier alpha value is -2.12. The molecular weight excluding hydrogens is 348 g/mol. The average molecular weight is 366 g/mol. The maximum atomic E-state index is 12.9. The van der Waals surface area contributed by atoms with Gasteiger partial charge in [0.05, 0.1) is 16.4 Å². The van der Waals surface area contributed by atoms with E-state index < -0.39 is 23.9 Å². The maximum absolute atomic E-state index is 12.9. The molecule has 24 heavy (non-hydrogen) atoms. The Bertz CT molecular complexity index is 943. The Morgan fingerprint density at radius 2 is 1.50 bits per heavy atom. The second kappa shape index (κ2) is 7.19. The van der Waals surface area contributed by atoms with Gasteiger partial charge in [0.25, 0.3) is 0 Å². The van der Waals surface area contributed by atoms with E-state index in [-0.39, 0.29) is 16.4 Å². The maximum Gasteiger partial charge on any atom is 0.221 e. The quantitative estimate of drug-likeness (QED) is 0.734. The van der Waals surface area contributed by atoms with Crippen LogP contribution in [0.1, 0.15) is 12.5 Å². The van der Waals surface area contributed by atoms with Crippen LogP contribution in [0.2, 0.25) is 0 Å². The minimum Gasteiger partial charge on any atom is -0.499 e. The first kappa shape index (κ1) is 18.2. The summed E-state index contributed by atoms with van der Waals surface area (Å²) in [4.78, 5) is -0.194. The number of hydrogen-bond donors (Lipinski definition) is 0. The summed E-state index contributed by atoms with van der Waals surface area (Å²) >= 11 is 0. The Morgan fingerprint density at radius 3 is 2.08 bits per heavy atom. The number of rotatable bonds is 6. The van der Waals surface area contributed by atoms with Crippen molar-refractivity contribution in [1.82, 2.24) is 0 Å². The molecule has 2 rings (SSSR count). The first-order valence-corrected chi connectivity index (χ1v) is 10.2. The molecule has 2 aromatic rings.